The molecule has 0 unspecified atom stereocenters. The van der Waals surface area contributed by atoms with Crippen molar-refractivity contribution in [3.63, 3.8) is 0 Å². The van der Waals surface area contributed by atoms with E-state index in [1.165, 1.54) is 37.7 Å². The summed E-state index contributed by atoms with van der Waals surface area (Å²) in [6.07, 6.45) is 6.88. The molecule has 0 atom stereocenters. The van der Waals surface area contributed by atoms with Crippen LogP contribution in [0.3, 0.4) is 0 Å². The van der Waals surface area contributed by atoms with E-state index in [1.807, 2.05) is 6.92 Å². The summed E-state index contributed by atoms with van der Waals surface area (Å²) in [5, 5.41) is 0. The van der Waals surface area contributed by atoms with Crippen LogP contribution < -0.4 is 4.74 Å². The minimum atomic E-state index is 0.724. The van der Waals surface area contributed by atoms with Gasteiger partial charge in [-0.3, -0.25) is 0 Å². The second kappa shape index (κ2) is 5.72. The van der Waals surface area contributed by atoms with E-state index < -0.39 is 0 Å². The van der Waals surface area contributed by atoms with Crippen molar-refractivity contribution in [2.75, 3.05) is 6.61 Å². The Labute approximate surface area is 106 Å². The monoisotopic (exact) mass is 282 g/mol. The summed E-state index contributed by atoms with van der Waals surface area (Å²) in [5.74, 6) is 1.72. The van der Waals surface area contributed by atoms with E-state index in [1.54, 1.807) is 0 Å². The molecule has 1 aromatic carbocycles. The Morgan fingerprint density at radius 3 is 2.62 bits per heavy atom. The molecule has 1 aliphatic rings. The Morgan fingerprint density at radius 1 is 1.25 bits per heavy atom. The molecule has 1 aliphatic carbocycles. The smallest absolute Gasteiger partial charge is 0.133 e. The van der Waals surface area contributed by atoms with Crippen molar-refractivity contribution in [1.82, 2.24) is 0 Å². The fourth-order valence-electron chi connectivity index (χ4n) is 2.48. The van der Waals surface area contributed by atoms with Crippen molar-refractivity contribution >= 4 is 15.9 Å². The molecule has 0 aliphatic heterocycles. The molecule has 0 heterocycles. The Bertz CT molecular complexity index is 343. The first-order chi connectivity index (χ1) is 7.81. The molecule has 0 bridgehead atoms. The van der Waals surface area contributed by atoms with Gasteiger partial charge in [-0.1, -0.05) is 25.3 Å². The second-order valence-corrected chi connectivity index (χ2v) is 5.31. The van der Waals surface area contributed by atoms with Crippen LogP contribution >= 0.6 is 15.9 Å². The lowest BCUT2D eigenvalue weighted by atomic mass is 9.84. The first-order valence-electron chi connectivity index (χ1n) is 6.23. The van der Waals surface area contributed by atoms with Gasteiger partial charge in [-0.2, -0.15) is 0 Å². The van der Waals surface area contributed by atoms with Crippen LogP contribution in [-0.4, -0.2) is 6.61 Å². The number of ether oxygens (including phenoxy) is 1. The van der Waals surface area contributed by atoms with Gasteiger partial charge in [-0.25, -0.2) is 0 Å². The zero-order valence-electron chi connectivity index (χ0n) is 9.84. The highest BCUT2D eigenvalue weighted by molar-refractivity contribution is 9.10. The van der Waals surface area contributed by atoms with Crippen LogP contribution in [0.15, 0.2) is 22.7 Å². The van der Waals surface area contributed by atoms with Crippen LogP contribution in [0.25, 0.3) is 0 Å². The summed E-state index contributed by atoms with van der Waals surface area (Å²) in [6, 6.07) is 6.56. The lowest BCUT2D eigenvalue weighted by molar-refractivity contribution is 0.337. The molecule has 1 saturated carbocycles. The highest BCUT2D eigenvalue weighted by Crippen LogP contribution is 2.36. The third-order valence-corrected chi connectivity index (χ3v) is 3.95. The lowest BCUT2D eigenvalue weighted by Gasteiger charge is -2.22. The number of hydrogen-bond donors (Lipinski definition) is 0. The van der Waals surface area contributed by atoms with Gasteiger partial charge in [0.2, 0.25) is 0 Å². The van der Waals surface area contributed by atoms with Crippen LogP contribution in [0.4, 0.5) is 0 Å². The van der Waals surface area contributed by atoms with Gasteiger partial charge >= 0.3 is 0 Å². The molecule has 2 rings (SSSR count). The third kappa shape index (κ3) is 2.79. The normalized spacial score (nSPS) is 17.4. The Hall–Kier alpha value is -0.500. The highest BCUT2D eigenvalue weighted by atomic mass is 79.9. The molecule has 16 heavy (non-hydrogen) atoms. The van der Waals surface area contributed by atoms with E-state index in [0.29, 0.717) is 0 Å². The summed E-state index contributed by atoms with van der Waals surface area (Å²) in [4.78, 5) is 0. The highest BCUT2D eigenvalue weighted by Gasteiger charge is 2.16. The second-order valence-electron chi connectivity index (χ2n) is 4.46. The largest absolute Gasteiger partial charge is 0.493 e. The fourth-order valence-corrected chi connectivity index (χ4v) is 2.99. The summed E-state index contributed by atoms with van der Waals surface area (Å²) in [7, 11) is 0. The Kier molecular flexibility index (Phi) is 4.28. The van der Waals surface area contributed by atoms with Gasteiger partial charge in [0.25, 0.3) is 0 Å². The first-order valence-corrected chi connectivity index (χ1v) is 7.03. The van der Waals surface area contributed by atoms with Crippen LogP contribution in [0.2, 0.25) is 0 Å². The van der Waals surface area contributed by atoms with Gasteiger partial charge in [0.15, 0.2) is 0 Å². The summed E-state index contributed by atoms with van der Waals surface area (Å²) in [5.41, 5.74) is 1.47. The molecular weight excluding hydrogens is 264 g/mol. The van der Waals surface area contributed by atoms with E-state index >= 15 is 0 Å². The minimum absolute atomic E-state index is 0.724. The van der Waals surface area contributed by atoms with Crippen LogP contribution in [-0.2, 0) is 0 Å². The molecule has 0 N–H and O–H groups in total. The molecule has 0 spiro atoms. The van der Waals surface area contributed by atoms with Gasteiger partial charge in [0, 0.05) is 0 Å². The maximum atomic E-state index is 5.53. The predicted octanol–water partition coefficient (Wildman–Crippen LogP) is 4.90. The molecular formula is C14H19BrO. The molecule has 0 radical (unpaired) electrons. The van der Waals surface area contributed by atoms with Crippen LogP contribution in [0, 0.1) is 0 Å². The van der Waals surface area contributed by atoms with Crippen molar-refractivity contribution in [3.05, 3.63) is 28.2 Å². The average Bonchev–Trinajstić information content (AvgIpc) is 2.33. The van der Waals surface area contributed by atoms with E-state index in [9.17, 15) is 0 Å². The van der Waals surface area contributed by atoms with Crippen LogP contribution in [0.1, 0.15) is 50.5 Å². The summed E-state index contributed by atoms with van der Waals surface area (Å²) < 4.78 is 6.63. The standard InChI is InChI=1S/C14H19BrO/c1-2-16-14-9-8-12(10-13(14)15)11-6-4-3-5-7-11/h8-11H,2-7H2,1H3. The molecule has 1 aromatic rings. The molecule has 0 saturated heterocycles. The van der Waals surface area contributed by atoms with Crippen molar-refractivity contribution in [3.8, 4) is 5.75 Å². The van der Waals surface area contributed by atoms with E-state index in [-0.39, 0.29) is 0 Å². The summed E-state index contributed by atoms with van der Waals surface area (Å²) >= 11 is 3.59. The Morgan fingerprint density at radius 2 is 2.00 bits per heavy atom. The molecule has 0 amide bonds. The minimum Gasteiger partial charge on any atom is -0.493 e. The number of rotatable bonds is 3. The van der Waals surface area contributed by atoms with Gasteiger partial charge < -0.3 is 4.74 Å². The fraction of sp³-hybridized carbons (Fsp3) is 0.571. The van der Waals surface area contributed by atoms with Gasteiger partial charge in [0.1, 0.15) is 5.75 Å². The number of halogens is 1. The third-order valence-electron chi connectivity index (χ3n) is 3.33. The maximum Gasteiger partial charge on any atom is 0.133 e. The topological polar surface area (TPSA) is 9.23 Å². The molecule has 0 aromatic heterocycles. The average molecular weight is 283 g/mol. The zero-order chi connectivity index (χ0) is 11.4. The molecule has 2 heteroatoms. The first kappa shape index (κ1) is 12.0. The number of benzene rings is 1. The maximum absolute atomic E-state index is 5.53. The van der Waals surface area contributed by atoms with Crippen molar-refractivity contribution in [2.24, 2.45) is 0 Å². The van der Waals surface area contributed by atoms with Gasteiger partial charge in [-0.05, 0) is 59.3 Å². The quantitative estimate of drug-likeness (QED) is 0.767. The lowest BCUT2D eigenvalue weighted by Crippen LogP contribution is -2.04. The number of hydrogen-bond acceptors (Lipinski definition) is 1. The molecule has 1 fully saturated rings. The Balaban J connectivity index is 2.13. The van der Waals surface area contributed by atoms with E-state index in [0.717, 1.165) is 22.7 Å². The molecule has 88 valence electrons. The SMILES string of the molecule is CCOc1ccc(C2CCCCC2)cc1Br. The van der Waals surface area contributed by atoms with Gasteiger partial charge in [0.05, 0.1) is 11.1 Å². The van der Waals surface area contributed by atoms with E-state index in [4.69, 9.17) is 4.74 Å². The van der Waals surface area contributed by atoms with Gasteiger partial charge in [-0.15, -0.1) is 0 Å². The van der Waals surface area contributed by atoms with Crippen molar-refractivity contribution in [1.29, 1.82) is 0 Å². The summed E-state index contributed by atoms with van der Waals surface area (Å²) in [6.45, 7) is 2.74. The van der Waals surface area contributed by atoms with Crippen molar-refractivity contribution in [2.45, 2.75) is 44.9 Å². The van der Waals surface area contributed by atoms with Crippen molar-refractivity contribution < 1.29 is 4.74 Å². The zero-order valence-corrected chi connectivity index (χ0v) is 11.4. The van der Waals surface area contributed by atoms with E-state index in [2.05, 4.69) is 34.1 Å². The predicted molar refractivity (Wildman–Crippen MR) is 71.1 cm³/mol. The molecule has 1 nitrogen and oxygen atoms in total. The van der Waals surface area contributed by atoms with Crippen LogP contribution in [0.5, 0.6) is 5.75 Å².